The molecule has 31 heavy (non-hydrogen) atoms. The van der Waals surface area contributed by atoms with E-state index in [9.17, 15) is 13.6 Å². The Labute approximate surface area is 182 Å². The van der Waals surface area contributed by atoms with Crippen LogP contribution in [0.5, 0.6) is 5.75 Å². The van der Waals surface area contributed by atoms with Gasteiger partial charge in [0.15, 0.2) is 11.6 Å². The van der Waals surface area contributed by atoms with Crippen LogP contribution in [0.1, 0.15) is 25.3 Å². The molecule has 2 atom stereocenters. The van der Waals surface area contributed by atoms with Gasteiger partial charge in [0.1, 0.15) is 5.75 Å². The second-order valence-corrected chi connectivity index (χ2v) is 8.83. The smallest absolute Gasteiger partial charge is 0.219 e. The molecule has 0 saturated carbocycles. The van der Waals surface area contributed by atoms with E-state index in [2.05, 4.69) is 4.90 Å². The van der Waals surface area contributed by atoms with Crippen LogP contribution in [0.2, 0.25) is 0 Å². The van der Waals surface area contributed by atoms with Crippen LogP contribution in [-0.2, 0) is 11.3 Å². The van der Waals surface area contributed by atoms with Crippen molar-refractivity contribution in [2.75, 3.05) is 32.8 Å². The molecule has 2 heterocycles. The standard InChI is InChI=1S/C25H30F2N2O2/c1-18(30)29-15-21(17-31-22-5-3-2-4-6-22)23(16-29)20-9-11-28(12-10-20)14-19-7-8-24(26)25(27)13-19/h2-8,13,20-21,23H,9-12,14-17H2,1H3/t21-,23-/m0/s1. The van der Waals surface area contributed by atoms with Gasteiger partial charge < -0.3 is 9.64 Å². The highest BCUT2D eigenvalue weighted by molar-refractivity contribution is 5.73. The van der Waals surface area contributed by atoms with Crippen LogP contribution in [0.25, 0.3) is 0 Å². The van der Waals surface area contributed by atoms with Crippen molar-refractivity contribution in [3.05, 3.63) is 65.7 Å². The van der Waals surface area contributed by atoms with Gasteiger partial charge in [-0.1, -0.05) is 24.3 Å². The number of carbonyl (C=O) groups excluding carboxylic acids is 1. The van der Waals surface area contributed by atoms with E-state index >= 15 is 0 Å². The van der Waals surface area contributed by atoms with E-state index in [-0.39, 0.29) is 5.91 Å². The Morgan fingerprint density at radius 1 is 1.03 bits per heavy atom. The molecule has 0 bridgehead atoms. The van der Waals surface area contributed by atoms with Crippen LogP contribution in [0.4, 0.5) is 8.78 Å². The lowest BCUT2D eigenvalue weighted by atomic mass is 9.78. The van der Waals surface area contributed by atoms with Crippen molar-refractivity contribution >= 4 is 5.91 Å². The van der Waals surface area contributed by atoms with Gasteiger partial charge in [-0.3, -0.25) is 9.69 Å². The maximum absolute atomic E-state index is 13.5. The molecule has 6 heteroatoms. The van der Waals surface area contributed by atoms with Gasteiger partial charge >= 0.3 is 0 Å². The number of ether oxygens (including phenoxy) is 1. The summed E-state index contributed by atoms with van der Waals surface area (Å²) in [5.74, 6) is 0.693. The second-order valence-electron chi connectivity index (χ2n) is 8.83. The number of hydrogen-bond acceptors (Lipinski definition) is 3. The highest BCUT2D eigenvalue weighted by Crippen LogP contribution is 2.36. The lowest BCUT2D eigenvalue weighted by Crippen LogP contribution is -2.38. The molecule has 4 rings (SSSR count). The van der Waals surface area contributed by atoms with Crippen molar-refractivity contribution in [2.45, 2.75) is 26.3 Å². The van der Waals surface area contributed by atoms with Gasteiger partial charge in [0.25, 0.3) is 0 Å². The molecular formula is C25H30F2N2O2. The number of benzene rings is 2. The van der Waals surface area contributed by atoms with Crippen LogP contribution >= 0.6 is 0 Å². The van der Waals surface area contributed by atoms with E-state index in [1.165, 1.54) is 12.1 Å². The summed E-state index contributed by atoms with van der Waals surface area (Å²) in [7, 11) is 0. The van der Waals surface area contributed by atoms with E-state index in [1.54, 1.807) is 13.0 Å². The number of nitrogens with zero attached hydrogens (tertiary/aromatic N) is 2. The van der Waals surface area contributed by atoms with E-state index in [0.717, 1.165) is 50.3 Å². The Hall–Kier alpha value is -2.47. The van der Waals surface area contributed by atoms with Crippen LogP contribution in [0, 0.1) is 29.4 Å². The minimum Gasteiger partial charge on any atom is -0.493 e. The molecule has 0 radical (unpaired) electrons. The SMILES string of the molecule is CC(=O)N1C[C@@H](COc2ccccc2)[C@H](C2CCN(Cc3ccc(F)c(F)c3)CC2)C1. The van der Waals surface area contributed by atoms with Crippen LogP contribution in [0.3, 0.4) is 0 Å². The molecule has 0 N–H and O–H groups in total. The molecule has 1 amide bonds. The number of rotatable bonds is 6. The number of halogens is 2. The highest BCUT2D eigenvalue weighted by Gasteiger charge is 2.40. The van der Waals surface area contributed by atoms with Gasteiger partial charge in [0, 0.05) is 32.5 Å². The summed E-state index contributed by atoms with van der Waals surface area (Å²) in [6.07, 6.45) is 2.09. The number of likely N-dealkylation sites (tertiary alicyclic amines) is 2. The molecule has 0 aromatic heterocycles. The summed E-state index contributed by atoms with van der Waals surface area (Å²) in [4.78, 5) is 16.3. The van der Waals surface area contributed by atoms with Gasteiger partial charge in [0.2, 0.25) is 5.91 Å². The average Bonchev–Trinajstić information content (AvgIpc) is 3.21. The lowest BCUT2D eigenvalue weighted by molar-refractivity contribution is -0.128. The van der Waals surface area contributed by atoms with Crippen LogP contribution in [0.15, 0.2) is 48.5 Å². The van der Waals surface area contributed by atoms with Gasteiger partial charge in [0.05, 0.1) is 6.61 Å². The first-order valence-electron chi connectivity index (χ1n) is 11.1. The molecule has 2 aromatic rings. The van der Waals surface area contributed by atoms with Gasteiger partial charge in [-0.25, -0.2) is 8.78 Å². The normalized spacial score (nSPS) is 22.6. The summed E-state index contributed by atoms with van der Waals surface area (Å²) in [5.41, 5.74) is 0.801. The second kappa shape index (κ2) is 9.77. The van der Waals surface area contributed by atoms with Crippen molar-refractivity contribution in [1.29, 1.82) is 0 Å². The first kappa shape index (κ1) is 21.8. The highest BCUT2D eigenvalue weighted by atomic mass is 19.2. The monoisotopic (exact) mass is 428 g/mol. The molecule has 2 fully saturated rings. The fourth-order valence-corrected chi connectivity index (χ4v) is 5.02. The third kappa shape index (κ3) is 5.42. The summed E-state index contributed by atoms with van der Waals surface area (Å²) in [6.45, 7) is 6.29. The largest absolute Gasteiger partial charge is 0.493 e. The van der Waals surface area contributed by atoms with Crippen molar-refractivity contribution in [3.8, 4) is 5.75 Å². The predicted octanol–water partition coefficient (Wildman–Crippen LogP) is 4.35. The van der Waals surface area contributed by atoms with Crippen LogP contribution in [-0.4, -0.2) is 48.5 Å². The minimum atomic E-state index is -0.803. The number of hydrogen-bond donors (Lipinski definition) is 0. The minimum absolute atomic E-state index is 0.128. The molecule has 0 aliphatic carbocycles. The third-order valence-electron chi connectivity index (χ3n) is 6.77. The fraction of sp³-hybridized carbons (Fsp3) is 0.480. The number of amides is 1. The van der Waals surface area contributed by atoms with Crippen LogP contribution < -0.4 is 4.74 Å². The lowest BCUT2D eigenvalue weighted by Gasteiger charge is -2.36. The zero-order valence-corrected chi connectivity index (χ0v) is 18.0. The molecular weight excluding hydrogens is 398 g/mol. The summed E-state index contributed by atoms with van der Waals surface area (Å²) >= 11 is 0. The molecule has 2 aromatic carbocycles. The first-order chi connectivity index (χ1) is 15.0. The van der Waals surface area contributed by atoms with Gasteiger partial charge in [-0.2, -0.15) is 0 Å². The number of piperidine rings is 1. The van der Waals surface area contributed by atoms with Crippen molar-refractivity contribution in [1.82, 2.24) is 9.80 Å². The van der Waals surface area contributed by atoms with E-state index < -0.39 is 11.6 Å². The Balaban J connectivity index is 1.34. The van der Waals surface area contributed by atoms with Crippen molar-refractivity contribution in [3.63, 3.8) is 0 Å². The maximum atomic E-state index is 13.5. The summed E-state index contributed by atoms with van der Waals surface area (Å²) in [5, 5.41) is 0. The molecule has 4 nitrogen and oxygen atoms in total. The van der Waals surface area contributed by atoms with Gasteiger partial charge in [-0.15, -0.1) is 0 Å². The Kier molecular flexibility index (Phi) is 6.86. The third-order valence-corrected chi connectivity index (χ3v) is 6.77. The topological polar surface area (TPSA) is 32.8 Å². The molecule has 2 aliphatic rings. The van der Waals surface area contributed by atoms with Gasteiger partial charge in [-0.05, 0) is 67.6 Å². The predicted molar refractivity (Wildman–Crippen MR) is 116 cm³/mol. The zero-order chi connectivity index (χ0) is 21.8. The zero-order valence-electron chi connectivity index (χ0n) is 18.0. The van der Waals surface area contributed by atoms with Crippen molar-refractivity contribution in [2.24, 2.45) is 17.8 Å². The first-order valence-corrected chi connectivity index (χ1v) is 11.1. The quantitative estimate of drug-likeness (QED) is 0.686. The maximum Gasteiger partial charge on any atom is 0.219 e. The Morgan fingerprint density at radius 2 is 1.77 bits per heavy atom. The molecule has 0 spiro atoms. The van der Waals surface area contributed by atoms with E-state index in [4.69, 9.17) is 4.74 Å². The van der Waals surface area contributed by atoms with E-state index in [0.29, 0.717) is 30.9 Å². The van der Waals surface area contributed by atoms with Crippen molar-refractivity contribution < 1.29 is 18.3 Å². The summed E-state index contributed by atoms with van der Waals surface area (Å²) in [6, 6.07) is 14.0. The molecule has 0 unspecified atom stereocenters. The number of para-hydroxylation sites is 1. The molecule has 2 saturated heterocycles. The Morgan fingerprint density at radius 3 is 2.45 bits per heavy atom. The molecule has 166 valence electrons. The van der Waals surface area contributed by atoms with E-state index in [1.807, 2.05) is 35.2 Å². The fourth-order valence-electron chi connectivity index (χ4n) is 5.02. The summed E-state index contributed by atoms with van der Waals surface area (Å²) < 4.78 is 32.7. The average molecular weight is 429 g/mol. The molecule has 2 aliphatic heterocycles. The Bertz CT molecular complexity index is 884. The number of carbonyl (C=O) groups is 1.